The molecule has 0 fully saturated rings. The summed E-state index contributed by atoms with van der Waals surface area (Å²) in [6.45, 7) is 4.61. The van der Waals surface area contributed by atoms with E-state index in [1.165, 1.54) is 11.1 Å². The van der Waals surface area contributed by atoms with Gasteiger partial charge in [0.2, 0.25) is 0 Å². The average molecular weight is 455 g/mol. The Labute approximate surface area is 196 Å². The second kappa shape index (κ2) is 8.33. The fraction of sp³-hybridized carbons (Fsp3) is 0.222. The Hall–Kier alpha value is -4.13. The van der Waals surface area contributed by atoms with Crippen LogP contribution in [0, 0.1) is 13.8 Å². The Bertz CT molecular complexity index is 1590. The number of carboxylic acids is 1. The van der Waals surface area contributed by atoms with Gasteiger partial charge in [0, 0.05) is 43.1 Å². The molecule has 0 aliphatic carbocycles. The SMILES string of the molecule is Cc1cc(C)c2c(Cn3c(=O)n(CC(C(=O)O)c4cccnc4)c4ccccc43)cn(C)c2c1. The molecule has 1 atom stereocenters. The molecule has 3 aromatic heterocycles. The minimum absolute atomic E-state index is 0.0289. The fourth-order valence-electron chi connectivity index (χ4n) is 4.99. The van der Waals surface area contributed by atoms with Crippen molar-refractivity contribution in [2.75, 3.05) is 0 Å². The van der Waals surface area contributed by atoms with Gasteiger partial charge >= 0.3 is 11.7 Å². The monoisotopic (exact) mass is 454 g/mol. The quantitative estimate of drug-likeness (QED) is 0.416. The summed E-state index contributed by atoms with van der Waals surface area (Å²) >= 11 is 0. The third kappa shape index (κ3) is 3.59. The van der Waals surface area contributed by atoms with Crippen molar-refractivity contribution in [2.45, 2.75) is 32.9 Å². The number of fused-ring (bicyclic) bond motifs is 2. The van der Waals surface area contributed by atoms with Gasteiger partial charge in [-0.2, -0.15) is 0 Å². The number of hydrogen-bond acceptors (Lipinski definition) is 3. The third-order valence-electron chi connectivity index (χ3n) is 6.51. The van der Waals surface area contributed by atoms with Gasteiger partial charge in [0.05, 0.1) is 17.6 Å². The Morgan fingerprint density at radius 1 is 1.03 bits per heavy atom. The predicted octanol–water partition coefficient (Wildman–Crippen LogP) is 4.22. The first-order chi connectivity index (χ1) is 16.3. The number of carbonyl (C=O) groups is 1. The van der Waals surface area contributed by atoms with Crippen molar-refractivity contribution in [3.8, 4) is 0 Å². The molecule has 0 spiro atoms. The number of aromatic nitrogens is 4. The van der Waals surface area contributed by atoms with Crippen LogP contribution in [0.1, 0.15) is 28.2 Å². The van der Waals surface area contributed by atoms with Crippen LogP contribution in [0.5, 0.6) is 0 Å². The van der Waals surface area contributed by atoms with Crippen LogP contribution in [0.3, 0.4) is 0 Å². The molecule has 2 aromatic carbocycles. The molecule has 0 bridgehead atoms. The topological polar surface area (TPSA) is 82.1 Å². The second-order valence-corrected chi connectivity index (χ2v) is 8.89. The Morgan fingerprint density at radius 3 is 2.44 bits per heavy atom. The Balaban J connectivity index is 1.64. The molecule has 0 radical (unpaired) electrons. The van der Waals surface area contributed by atoms with Crippen LogP contribution in [-0.2, 0) is 24.9 Å². The van der Waals surface area contributed by atoms with Gasteiger partial charge < -0.3 is 9.67 Å². The summed E-state index contributed by atoms with van der Waals surface area (Å²) in [7, 11) is 2.02. The molecular formula is C27H26N4O3. The molecule has 1 N–H and O–H groups in total. The zero-order valence-corrected chi connectivity index (χ0v) is 19.4. The lowest BCUT2D eigenvalue weighted by molar-refractivity contribution is -0.139. The zero-order valence-electron chi connectivity index (χ0n) is 19.4. The number of hydrogen-bond donors (Lipinski definition) is 1. The van der Waals surface area contributed by atoms with E-state index in [-0.39, 0.29) is 12.2 Å². The number of benzene rings is 2. The highest BCUT2D eigenvalue weighted by molar-refractivity contribution is 5.88. The van der Waals surface area contributed by atoms with Crippen molar-refractivity contribution in [3.63, 3.8) is 0 Å². The highest BCUT2D eigenvalue weighted by Gasteiger charge is 2.24. The molecule has 34 heavy (non-hydrogen) atoms. The molecular weight excluding hydrogens is 428 g/mol. The maximum atomic E-state index is 13.7. The molecule has 7 heteroatoms. The molecule has 1 unspecified atom stereocenters. The summed E-state index contributed by atoms with van der Waals surface area (Å²) in [5, 5.41) is 11.1. The van der Waals surface area contributed by atoms with Crippen LogP contribution < -0.4 is 5.69 Å². The molecule has 3 heterocycles. The van der Waals surface area contributed by atoms with E-state index in [0.29, 0.717) is 12.1 Å². The summed E-state index contributed by atoms with van der Waals surface area (Å²) in [5.74, 6) is -1.87. The zero-order chi connectivity index (χ0) is 24.0. The number of pyridine rings is 1. The second-order valence-electron chi connectivity index (χ2n) is 8.89. The van der Waals surface area contributed by atoms with E-state index in [0.717, 1.165) is 27.5 Å². The van der Waals surface area contributed by atoms with Gasteiger partial charge in [-0.3, -0.25) is 18.9 Å². The Kier molecular flexibility index (Phi) is 5.32. The molecule has 0 aliphatic heterocycles. The number of carboxylic acid groups (broad SMARTS) is 1. The van der Waals surface area contributed by atoms with Crippen LogP contribution in [0.4, 0.5) is 0 Å². The lowest BCUT2D eigenvalue weighted by Crippen LogP contribution is -2.29. The van der Waals surface area contributed by atoms with Gasteiger partial charge in [0.15, 0.2) is 0 Å². The van der Waals surface area contributed by atoms with Crippen LogP contribution in [0.2, 0.25) is 0 Å². The smallest absolute Gasteiger partial charge is 0.329 e. The molecule has 0 aliphatic rings. The van der Waals surface area contributed by atoms with E-state index in [4.69, 9.17) is 0 Å². The summed E-state index contributed by atoms with van der Waals surface area (Å²) in [5.41, 5.74) is 6.40. The van der Waals surface area contributed by atoms with Crippen molar-refractivity contribution in [1.82, 2.24) is 18.7 Å². The Morgan fingerprint density at radius 2 is 1.76 bits per heavy atom. The molecule has 5 rings (SSSR count). The van der Waals surface area contributed by atoms with Crippen LogP contribution in [0.15, 0.2) is 71.9 Å². The highest BCUT2D eigenvalue weighted by Crippen LogP contribution is 2.28. The largest absolute Gasteiger partial charge is 0.481 e. The van der Waals surface area contributed by atoms with Gasteiger partial charge in [0.25, 0.3) is 0 Å². The maximum Gasteiger partial charge on any atom is 0.329 e. The minimum Gasteiger partial charge on any atom is -0.481 e. The number of imidazole rings is 1. The van der Waals surface area contributed by atoms with E-state index in [1.807, 2.05) is 31.3 Å². The normalized spacial score (nSPS) is 12.4. The molecule has 7 nitrogen and oxygen atoms in total. The highest BCUT2D eigenvalue weighted by atomic mass is 16.4. The van der Waals surface area contributed by atoms with Gasteiger partial charge in [-0.15, -0.1) is 0 Å². The van der Waals surface area contributed by atoms with Gasteiger partial charge in [-0.25, -0.2) is 4.79 Å². The molecule has 172 valence electrons. The molecule has 5 aromatic rings. The maximum absolute atomic E-state index is 13.7. The van der Waals surface area contributed by atoms with Crippen molar-refractivity contribution < 1.29 is 9.90 Å². The summed E-state index contributed by atoms with van der Waals surface area (Å²) in [4.78, 5) is 29.8. The first-order valence-electron chi connectivity index (χ1n) is 11.2. The van der Waals surface area contributed by atoms with Crippen LogP contribution in [-0.4, -0.2) is 29.8 Å². The number of rotatable bonds is 6. The standard InChI is InChI=1S/C27H26N4O3/c1-17-11-18(2)25-20(14-29(3)24(25)12-17)15-30-22-8-4-5-9-23(22)31(27(30)34)16-21(26(32)33)19-7-6-10-28-13-19/h4-14,21H,15-16H2,1-3H3,(H,32,33). The third-order valence-corrected chi connectivity index (χ3v) is 6.51. The van der Waals surface area contributed by atoms with Crippen molar-refractivity contribution in [3.05, 3.63) is 99.9 Å². The molecule has 0 amide bonds. The number of para-hydroxylation sites is 2. The summed E-state index contributed by atoms with van der Waals surface area (Å²) < 4.78 is 5.41. The van der Waals surface area contributed by atoms with Gasteiger partial charge in [0.1, 0.15) is 5.92 Å². The van der Waals surface area contributed by atoms with Crippen molar-refractivity contribution in [1.29, 1.82) is 0 Å². The lowest BCUT2D eigenvalue weighted by atomic mass is 10.0. The van der Waals surface area contributed by atoms with E-state index >= 15 is 0 Å². The fourth-order valence-corrected chi connectivity index (χ4v) is 4.99. The van der Waals surface area contributed by atoms with E-state index in [1.54, 1.807) is 33.7 Å². The van der Waals surface area contributed by atoms with Gasteiger partial charge in [-0.05, 0) is 60.4 Å². The van der Waals surface area contributed by atoms with Crippen LogP contribution in [0.25, 0.3) is 21.9 Å². The first kappa shape index (κ1) is 21.7. The molecule has 0 saturated carbocycles. The van der Waals surface area contributed by atoms with Crippen molar-refractivity contribution >= 4 is 27.9 Å². The average Bonchev–Trinajstić information content (AvgIpc) is 3.26. The number of aliphatic carboxylic acids is 1. The van der Waals surface area contributed by atoms with E-state index in [9.17, 15) is 14.7 Å². The lowest BCUT2D eigenvalue weighted by Gasteiger charge is -2.13. The van der Waals surface area contributed by atoms with Gasteiger partial charge in [-0.1, -0.05) is 24.3 Å². The first-order valence-corrected chi connectivity index (χ1v) is 11.2. The van der Waals surface area contributed by atoms with E-state index in [2.05, 4.69) is 41.7 Å². The van der Waals surface area contributed by atoms with E-state index < -0.39 is 11.9 Å². The number of nitrogens with zero attached hydrogens (tertiary/aromatic N) is 4. The van der Waals surface area contributed by atoms with Crippen LogP contribution >= 0.6 is 0 Å². The minimum atomic E-state index is -0.989. The van der Waals surface area contributed by atoms with Crippen molar-refractivity contribution in [2.24, 2.45) is 7.05 Å². The summed E-state index contributed by atoms with van der Waals surface area (Å²) in [6.07, 6.45) is 5.23. The predicted molar refractivity (Wildman–Crippen MR) is 132 cm³/mol. The molecule has 0 saturated heterocycles. The summed E-state index contributed by atoms with van der Waals surface area (Å²) in [6, 6.07) is 15.3. The number of aryl methyl sites for hydroxylation is 3.